The van der Waals surface area contributed by atoms with E-state index >= 15 is 0 Å². The number of rotatable bonds is 5. The Kier molecular flexibility index (Phi) is 4.80. The molecule has 0 saturated carbocycles. The van der Waals surface area contributed by atoms with Crippen molar-refractivity contribution < 1.29 is 9.84 Å². The highest BCUT2D eigenvalue weighted by Crippen LogP contribution is 2.28. The van der Waals surface area contributed by atoms with Gasteiger partial charge in [-0.2, -0.15) is 5.26 Å². The lowest BCUT2D eigenvalue weighted by molar-refractivity contribution is 0.403. The van der Waals surface area contributed by atoms with Crippen LogP contribution in [-0.4, -0.2) is 18.8 Å². The summed E-state index contributed by atoms with van der Waals surface area (Å²) in [5.41, 5.74) is 0.802. The van der Waals surface area contributed by atoms with Crippen molar-refractivity contribution in [3.63, 3.8) is 0 Å². The van der Waals surface area contributed by atoms with Gasteiger partial charge in [0.25, 0.3) is 0 Å². The van der Waals surface area contributed by atoms with Crippen LogP contribution in [0.4, 0.5) is 0 Å². The van der Waals surface area contributed by atoms with Gasteiger partial charge < -0.3 is 15.2 Å². The van der Waals surface area contributed by atoms with Crippen molar-refractivity contribution in [1.29, 1.82) is 5.26 Å². The minimum atomic E-state index is -0.0437. The van der Waals surface area contributed by atoms with E-state index in [1.54, 1.807) is 19.2 Å². The van der Waals surface area contributed by atoms with Crippen LogP contribution >= 0.6 is 0 Å². The second-order valence-corrected chi connectivity index (χ2v) is 4.08. The number of methoxy groups -OCH3 is 1. The molecule has 0 bridgehead atoms. The highest BCUT2D eigenvalue weighted by molar-refractivity contribution is 5.41. The Morgan fingerprint density at radius 3 is 2.71 bits per heavy atom. The molecule has 1 aromatic carbocycles. The molecular formula is C13H18N2O2. The molecule has 0 amide bonds. The monoisotopic (exact) mass is 234 g/mol. The van der Waals surface area contributed by atoms with Crippen molar-refractivity contribution >= 4 is 0 Å². The van der Waals surface area contributed by atoms with Crippen LogP contribution in [0, 0.1) is 17.2 Å². The number of hydrogen-bond donors (Lipinski definition) is 2. The molecule has 1 rings (SSSR count). The third kappa shape index (κ3) is 3.65. The summed E-state index contributed by atoms with van der Waals surface area (Å²) in [5, 5.41) is 21.7. The number of nitriles is 1. The smallest absolute Gasteiger partial charge is 0.124 e. The van der Waals surface area contributed by atoms with E-state index < -0.39 is 0 Å². The lowest BCUT2D eigenvalue weighted by Gasteiger charge is -2.16. The van der Waals surface area contributed by atoms with Crippen LogP contribution in [0.3, 0.4) is 0 Å². The molecular weight excluding hydrogens is 216 g/mol. The maximum absolute atomic E-state index is 9.83. The van der Waals surface area contributed by atoms with Gasteiger partial charge in [0.05, 0.1) is 19.1 Å². The Labute approximate surface area is 102 Å². The summed E-state index contributed by atoms with van der Waals surface area (Å²) in [6.07, 6.45) is 0. The normalized spacial score (nSPS) is 13.8. The molecule has 0 radical (unpaired) electrons. The van der Waals surface area contributed by atoms with E-state index in [-0.39, 0.29) is 17.7 Å². The second kappa shape index (κ2) is 6.12. The zero-order valence-corrected chi connectivity index (χ0v) is 10.4. The van der Waals surface area contributed by atoms with Crippen molar-refractivity contribution in [3.8, 4) is 17.6 Å². The van der Waals surface area contributed by atoms with Gasteiger partial charge in [-0.3, -0.25) is 0 Å². The number of ether oxygens (including phenoxy) is 1. The summed E-state index contributed by atoms with van der Waals surface area (Å²) < 4.78 is 5.02. The first-order chi connectivity index (χ1) is 8.08. The van der Waals surface area contributed by atoms with Crippen LogP contribution < -0.4 is 10.1 Å². The Bertz CT molecular complexity index is 412. The number of hydrogen-bond acceptors (Lipinski definition) is 4. The van der Waals surface area contributed by atoms with E-state index in [9.17, 15) is 5.11 Å². The van der Waals surface area contributed by atoms with Crippen LogP contribution in [0.1, 0.15) is 25.5 Å². The van der Waals surface area contributed by atoms with Crippen molar-refractivity contribution in [2.24, 2.45) is 5.92 Å². The molecule has 0 saturated heterocycles. The van der Waals surface area contributed by atoms with E-state index in [0.717, 1.165) is 5.56 Å². The minimum absolute atomic E-state index is 0.00305. The van der Waals surface area contributed by atoms with Gasteiger partial charge in [-0.1, -0.05) is 6.07 Å². The average molecular weight is 234 g/mol. The topological polar surface area (TPSA) is 65.3 Å². The Hall–Kier alpha value is -1.73. The van der Waals surface area contributed by atoms with Gasteiger partial charge >= 0.3 is 0 Å². The van der Waals surface area contributed by atoms with Crippen molar-refractivity contribution in [3.05, 3.63) is 23.8 Å². The fourth-order valence-electron chi connectivity index (χ4n) is 1.53. The molecule has 0 aliphatic carbocycles. The van der Waals surface area contributed by atoms with Gasteiger partial charge in [-0.05, 0) is 19.9 Å². The molecule has 4 heteroatoms. The van der Waals surface area contributed by atoms with Gasteiger partial charge in [0.2, 0.25) is 0 Å². The zero-order valence-electron chi connectivity index (χ0n) is 10.4. The third-order valence-corrected chi connectivity index (χ3v) is 2.65. The SMILES string of the molecule is COc1ccc(C(C)NCC(C)C#N)c(O)c1. The van der Waals surface area contributed by atoms with Crippen LogP contribution in [0.15, 0.2) is 18.2 Å². The fourth-order valence-corrected chi connectivity index (χ4v) is 1.53. The average Bonchev–Trinajstić information content (AvgIpc) is 2.35. The molecule has 17 heavy (non-hydrogen) atoms. The fraction of sp³-hybridized carbons (Fsp3) is 0.462. The quantitative estimate of drug-likeness (QED) is 0.819. The molecule has 4 nitrogen and oxygen atoms in total. The molecule has 0 fully saturated rings. The number of phenolic OH excluding ortho intramolecular Hbond substituents is 1. The number of nitrogens with zero attached hydrogens (tertiary/aromatic N) is 1. The maximum atomic E-state index is 9.83. The van der Waals surface area contributed by atoms with Gasteiger partial charge in [0.1, 0.15) is 11.5 Å². The maximum Gasteiger partial charge on any atom is 0.124 e. The van der Waals surface area contributed by atoms with Gasteiger partial charge in [-0.25, -0.2) is 0 Å². The summed E-state index contributed by atoms with van der Waals surface area (Å²) in [7, 11) is 1.56. The van der Waals surface area contributed by atoms with E-state index in [4.69, 9.17) is 10.00 Å². The summed E-state index contributed by atoms with van der Waals surface area (Å²) >= 11 is 0. The van der Waals surface area contributed by atoms with E-state index in [1.807, 2.05) is 19.9 Å². The molecule has 0 aliphatic rings. The van der Waals surface area contributed by atoms with Crippen LogP contribution in [0.2, 0.25) is 0 Å². The molecule has 2 unspecified atom stereocenters. The lowest BCUT2D eigenvalue weighted by atomic mass is 10.1. The molecule has 92 valence electrons. The highest BCUT2D eigenvalue weighted by atomic mass is 16.5. The van der Waals surface area contributed by atoms with Crippen molar-refractivity contribution in [1.82, 2.24) is 5.32 Å². The number of nitrogens with one attached hydrogen (secondary N) is 1. The van der Waals surface area contributed by atoms with Crippen LogP contribution in [0.25, 0.3) is 0 Å². The van der Waals surface area contributed by atoms with Gasteiger partial charge in [0.15, 0.2) is 0 Å². The predicted octanol–water partition coefficient (Wildman–Crippen LogP) is 2.21. The summed E-state index contributed by atoms with van der Waals surface area (Å²) in [4.78, 5) is 0. The molecule has 0 spiro atoms. The number of benzene rings is 1. The Balaban J connectivity index is 2.69. The molecule has 1 aromatic rings. The van der Waals surface area contributed by atoms with E-state index in [1.165, 1.54) is 0 Å². The van der Waals surface area contributed by atoms with Crippen molar-refractivity contribution in [2.75, 3.05) is 13.7 Å². The summed E-state index contributed by atoms with van der Waals surface area (Å²) in [5.74, 6) is 0.788. The summed E-state index contributed by atoms with van der Waals surface area (Å²) in [6.45, 7) is 4.41. The molecule has 0 heterocycles. The van der Waals surface area contributed by atoms with Crippen molar-refractivity contribution in [2.45, 2.75) is 19.9 Å². The highest BCUT2D eigenvalue weighted by Gasteiger charge is 2.11. The third-order valence-electron chi connectivity index (χ3n) is 2.65. The van der Waals surface area contributed by atoms with Gasteiger partial charge in [-0.15, -0.1) is 0 Å². The number of phenols is 1. The largest absolute Gasteiger partial charge is 0.507 e. The predicted molar refractivity (Wildman–Crippen MR) is 65.9 cm³/mol. The van der Waals surface area contributed by atoms with Crippen LogP contribution in [-0.2, 0) is 0 Å². The first kappa shape index (κ1) is 13.3. The summed E-state index contributed by atoms with van der Waals surface area (Å²) in [6, 6.07) is 7.37. The first-order valence-electron chi connectivity index (χ1n) is 5.58. The molecule has 2 N–H and O–H groups in total. The Morgan fingerprint density at radius 1 is 1.47 bits per heavy atom. The second-order valence-electron chi connectivity index (χ2n) is 4.08. The standard InChI is InChI=1S/C13H18N2O2/c1-9(7-14)8-15-10(2)12-5-4-11(17-3)6-13(12)16/h4-6,9-10,15-16H,8H2,1-3H3. The first-order valence-corrected chi connectivity index (χ1v) is 5.58. The van der Waals surface area contributed by atoms with E-state index in [0.29, 0.717) is 12.3 Å². The minimum Gasteiger partial charge on any atom is -0.507 e. The lowest BCUT2D eigenvalue weighted by Crippen LogP contribution is -2.23. The number of aromatic hydroxyl groups is 1. The molecule has 0 aliphatic heterocycles. The zero-order chi connectivity index (χ0) is 12.8. The molecule has 0 aromatic heterocycles. The van der Waals surface area contributed by atoms with Gasteiger partial charge in [0, 0.05) is 24.2 Å². The van der Waals surface area contributed by atoms with E-state index in [2.05, 4.69) is 11.4 Å². The van der Waals surface area contributed by atoms with Crippen LogP contribution in [0.5, 0.6) is 11.5 Å². The molecule has 2 atom stereocenters. The Morgan fingerprint density at radius 2 is 2.18 bits per heavy atom.